The number of nitrogens with one attached hydrogen (secondary N) is 1. The summed E-state index contributed by atoms with van der Waals surface area (Å²) in [4.78, 5) is 14.8. The van der Waals surface area contributed by atoms with Gasteiger partial charge in [-0.2, -0.15) is 4.98 Å². The molecule has 4 saturated heterocycles. The Kier molecular flexibility index (Phi) is 4.51. The second-order valence-corrected chi connectivity index (χ2v) is 9.00. The number of hydrogen-bond acceptors (Lipinski definition) is 6. The second kappa shape index (κ2) is 6.89. The van der Waals surface area contributed by atoms with Gasteiger partial charge in [0.15, 0.2) is 0 Å². The SMILES string of the molecule is CCc1c(C)nc(OCC23CCCN2CCC3)nc1N1CC2CCC(C1)N2. The third kappa shape index (κ3) is 3.11. The molecule has 2 bridgehead atoms. The van der Waals surface area contributed by atoms with Crippen LogP contribution in [0.2, 0.25) is 0 Å². The van der Waals surface area contributed by atoms with Crippen molar-refractivity contribution < 1.29 is 4.74 Å². The predicted octanol–water partition coefficient (Wildman–Crippen LogP) is 2.30. The highest BCUT2D eigenvalue weighted by atomic mass is 16.5. The molecule has 1 N–H and O–H groups in total. The van der Waals surface area contributed by atoms with E-state index in [1.165, 1.54) is 57.2 Å². The number of ether oxygens (including phenoxy) is 1. The monoisotopic (exact) mass is 371 g/mol. The van der Waals surface area contributed by atoms with Gasteiger partial charge in [0.1, 0.15) is 12.4 Å². The van der Waals surface area contributed by atoms with E-state index >= 15 is 0 Å². The maximum Gasteiger partial charge on any atom is 0.318 e. The van der Waals surface area contributed by atoms with Crippen molar-refractivity contribution >= 4 is 5.82 Å². The van der Waals surface area contributed by atoms with Gasteiger partial charge in [0.25, 0.3) is 0 Å². The fourth-order valence-corrected chi connectivity index (χ4v) is 5.93. The molecule has 4 aliphatic heterocycles. The quantitative estimate of drug-likeness (QED) is 0.857. The number of piperazine rings is 1. The van der Waals surface area contributed by atoms with E-state index in [2.05, 4.69) is 29.0 Å². The van der Waals surface area contributed by atoms with Crippen LogP contribution in [-0.4, -0.2) is 65.3 Å². The molecule has 0 saturated carbocycles. The zero-order valence-corrected chi connectivity index (χ0v) is 16.8. The molecule has 0 aliphatic carbocycles. The van der Waals surface area contributed by atoms with Crippen molar-refractivity contribution in [2.75, 3.05) is 37.7 Å². The van der Waals surface area contributed by atoms with E-state index in [9.17, 15) is 0 Å². The number of rotatable bonds is 5. The summed E-state index contributed by atoms with van der Waals surface area (Å²) in [5, 5.41) is 3.72. The Morgan fingerprint density at radius 3 is 2.48 bits per heavy atom. The van der Waals surface area contributed by atoms with Crippen LogP contribution >= 0.6 is 0 Å². The van der Waals surface area contributed by atoms with Crippen molar-refractivity contribution in [2.24, 2.45) is 0 Å². The summed E-state index contributed by atoms with van der Waals surface area (Å²) in [6.07, 6.45) is 8.65. The van der Waals surface area contributed by atoms with E-state index in [-0.39, 0.29) is 5.54 Å². The number of aromatic nitrogens is 2. The summed E-state index contributed by atoms with van der Waals surface area (Å²) >= 11 is 0. The normalized spacial score (nSPS) is 29.3. The van der Waals surface area contributed by atoms with Crippen molar-refractivity contribution in [3.8, 4) is 6.01 Å². The molecule has 27 heavy (non-hydrogen) atoms. The summed E-state index contributed by atoms with van der Waals surface area (Å²) in [7, 11) is 0. The number of aryl methyl sites for hydroxylation is 1. The summed E-state index contributed by atoms with van der Waals surface area (Å²) in [6.45, 7) is 9.63. The molecule has 2 unspecified atom stereocenters. The number of fused-ring (bicyclic) bond motifs is 3. The largest absolute Gasteiger partial charge is 0.461 e. The topological polar surface area (TPSA) is 53.5 Å². The predicted molar refractivity (Wildman–Crippen MR) is 107 cm³/mol. The summed E-state index contributed by atoms with van der Waals surface area (Å²) in [6, 6.07) is 1.80. The van der Waals surface area contributed by atoms with Crippen LogP contribution in [0.5, 0.6) is 6.01 Å². The first kappa shape index (κ1) is 17.7. The van der Waals surface area contributed by atoms with Gasteiger partial charge in [0.2, 0.25) is 0 Å². The zero-order valence-electron chi connectivity index (χ0n) is 16.8. The van der Waals surface area contributed by atoms with Crippen LogP contribution in [0.1, 0.15) is 56.7 Å². The van der Waals surface area contributed by atoms with Crippen molar-refractivity contribution in [1.29, 1.82) is 0 Å². The average molecular weight is 372 g/mol. The lowest BCUT2D eigenvalue weighted by atomic mass is 9.95. The standard InChI is InChI=1S/C21H33N5O/c1-3-18-15(2)22-20(27-14-21-8-4-10-26(21)11-5-9-21)24-19(18)25-12-16-6-7-17(13-25)23-16/h16-17,23H,3-14H2,1-2H3. The van der Waals surface area contributed by atoms with Crippen LogP contribution in [0.4, 0.5) is 5.82 Å². The average Bonchev–Trinajstić information content (AvgIpc) is 3.33. The Morgan fingerprint density at radius 1 is 1.11 bits per heavy atom. The molecule has 0 radical (unpaired) electrons. The molecule has 4 fully saturated rings. The second-order valence-electron chi connectivity index (χ2n) is 9.00. The smallest absolute Gasteiger partial charge is 0.318 e. The minimum absolute atomic E-state index is 0.245. The van der Waals surface area contributed by atoms with Crippen LogP contribution < -0.4 is 15.0 Å². The van der Waals surface area contributed by atoms with Crippen LogP contribution in [0, 0.1) is 6.92 Å². The molecule has 2 atom stereocenters. The first-order valence-electron chi connectivity index (χ1n) is 10.9. The summed E-state index contributed by atoms with van der Waals surface area (Å²) < 4.78 is 6.27. The fourth-order valence-electron chi connectivity index (χ4n) is 5.93. The van der Waals surface area contributed by atoms with Crippen LogP contribution in [-0.2, 0) is 6.42 Å². The van der Waals surface area contributed by atoms with Crippen LogP contribution in [0.25, 0.3) is 0 Å². The lowest BCUT2D eigenvalue weighted by Gasteiger charge is -2.35. The first-order chi connectivity index (χ1) is 13.2. The molecule has 1 aromatic rings. The van der Waals surface area contributed by atoms with E-state index in [0.717, 1.165) is 37.6 Å². The lowest BCUT2D eigenvalue weighted by molar-refractivity contribution is 0.107. The molecule has 0 spiro atoms. The zero-order chi connectivity index (χ0) is 18.4. The van der Waals surface area contributed by atoms with Crippen LogP contribution in [0.15, 0.2) is 0 Å². The van der Waals surface area contributed by atoms with Gasteiger partial charge in [-0.15, -0.1) is 0 Å². The molecule has 6 nitrogen and oxygen atoms in total. The minimum Gasteiger partial charge on any atom is -0.461 e. The Balaban J connectivity index is 1.38. The molecule has 5 rings (SSSR count). The van der Waals surface area contributed by atoms with Gasteiger partial charge in [-0.25, -0.2) is 4.98 Å². The van der Waals surface area contributed by atoms with Gasteiger partial charge in [-0.1, -0.05) is 6.92 Å². The summed E-state index contributed by atoms with van der Waals surface area (Å²) in [5.74, 6) is 1.12. The van der Waals surface area contributed by atoms with Gasteiger partial charge in [-0.3, -0.25) is 4.90 Å². The highest BCUT2D eigenvalue weighted by Crippen LogP contribution is 2.39. The molecule has 4 aliphatic rings. The van der Waals surface area contributed by atoms with Crippen molar-refractivity contribution in [3.05, 3.63) is 11.3 Å². The first-order valence-corrected chi connectivity index (χ1v) is 10.9. The van der Waals surface area contributed by atoms with E-state index in [0.29, 0.717) is 18.1 Å². The van der Waals surface area contributed by atoms with Gasteiger partial charge < -0.3 is 15.0 Å². The molecular weight excluding hydrogens is 338 g/mol. The Labute approximate surface area is 162 Å². The van der Waals surface area contributed by atoms with E-state index in [1.54, 1.807) is 0 Å². The summed E-state index contributed by atoms with van der Waals surface area (Å²) in [5.41, 5.74) is 2.61. The molecule has 6 heteroatoms. The maximum atomic E-state index is 6.27. The molecular formula is C21H33N5O. The molecule has 1 aromatic heterocycles. The number of nitrogens with zero attached hydrogens (tertiary/aromatic N) is 4. The third-order valence-electron chi connectivity index (χ3n) is 7.32. The minimum atomic E-state index is 0.245. The Bertz CT molecular complexity index is 686. The van der Waals surface area contributed by atoms with Gasteiger partial charge in [-0.05, 0) is 65.0 Å². The fraction of sp³-hybridized carbons (Fsp3) is 0.810. The highest BCUT2D eigenvalue weighted by molar-refractivity contribution is 5.51. The number of hydrogen-bond donors (Lipinski definition) is 1. The Hall–Kier alpha value is -1.40. The van der Waals surface area contributed by atoms with Crippen LogP contribution in [0.3, 0.4) is 0 Å². The van der Waals surface area contributed by atoms with E-state index in [1.807, 2.05) is 0 Å². The number of anilines is 1. The molecule has 5 heterocycles. The van der Waals surface area contributed by atoms with Crippen molar-refractivity contribution in [1.82, 2.24) is 20.2 Å². The molecule has 0 amide bonds. The van der Waals surface area contributed by atoms with Gasteiger partial charge >= 0.3 is 6.01 Å². The van der Waals surface area contributed by atoms with Crippen molar-refractivity contribution in [3.63, 3.8) is 0 Å². The van der Waals surface area contributed by atoms with Crippen molar-refractivity contribution in [2.45, 2.75) is 76.4 Å². The van der Waals surface area contributed by atoms with Gasteiger partial charge in [0, 0.05) is 36.4 Å². The van der Waals surface area contributed by atoms with Gasteiger partial charge in [0.05, 0.1) is 5.54 Å². The Morgan fingerprint density at radius 2 is 1.81 bits per heavy atom. The van der Waals surface area contributed by atoms with E-state index in [4.69, 9.17) is 14.7 Å². The maximum absolute atomic E-state index is 6.27. The molecule has 148 valence electrons. The molecule has 0 aromatic carbocycles. The third-order valence-corrected chi connectivity index (χ3v) is 7.32. The highest BCUT2D eigenvalue weighted by Gasteiger charge is 2.45. The lowest BCUT2D eigenvalue weighted by Crippen LogP contribution is -2.51. The van der Waals surface area contributed by atoms with E-state index < -0.39 is 0 Å².